The summed E-state index contributed by atoms with van der Waals surface area (Å²) in [6, 6.07) is 0. The molecular weight excluding hydrogens is 574 g/mol. The summed E-state index contributed by atoms with van der Waals surface area (Å²) in [5.74, 6) is -6.03. The predicted octanol–water partition coefficient (Wildman–Crippen LogP) is -6.98. The zero-order valence-electron chi connectivity index (χ0n) is 22.2. The van der Waals surface area contributed by atoms with Crippen LogP contribution < -0.4 is 69.3 Å². The van der Waals surface area contributed by atoms with Crippen LogP contribution in [0, 0.1) is 0 Å². The van der Waals surface area contributed by atoms with Crippen LogP contribution >= 0.6 is 0 Å². The summed E-state index contributed by atoms with van der Waals surface area (Å²) in [6.07, 6.45) is 5.07. The molecule has 0 amide bonds. The molecule has 0 heterocycles. The van der Waals surface area contributed by atoms with Gasteiger partial charge in [0.05, 0.1) is 25.6 Å². The molecule has 0 aliphatic rings. The van der Waals surface area contributed by atoms with Crippen LogP contribution in [0.2, 0.25) is 0 Å². The van der Waals surface area contributed by atoms with Gasteiger partial charge in [-0.3, -0.25) is 18.7 Å². The first-order valence-corrected chi connectivity index (χ1v) is 14.2. The third-order valence-electron chi connectivity index (χ3n) is 4.45. The van der Waals surface area contributed by atoms with Crippen molar-refractivity contribution in [2.24, 2.45) is 0 Å². The standard InChI is InChI=1S/C16H30O7S.C4H6O7S.2Na/c1-3-5-7-9-11-22-15(17)13-14(24(19,20)21)16(18)23-12-10-8-6-4-2;5-3(6)1-2(4(7)8)12(9,10)11;;/h14H,3-13H2,1-2H3,(H,19,20,21);2H,1H2,(H,5,6)(H,7,8)(H,9,10,11);;/q;;2*+1/p-2. The first-order chi connectivity index (χ1) is 16.6. The smallest absolute Gasteiger partial charge is 0.550 e. The van der Waals surface area contributed by atoms with E-state index in [9.17, 15) is 46.2 Å². The van der Waals surface area contributed by atoms with Gasteiger partial charge in [0.15, 0.2) is 5.25 Å². The van der Waals surface area contributed by atoms with E-state index in [0.29, 0.717) is 12.8 Å². The fourth-order valence-electron chi connectivity index (χ4n) is 2.49. The van der Waals surface area contributed by atoms with Crippen molar-refractivity contribution in [1.82, 2.24) is 0 Å². The summed E-state index contributed by atoms with van der Waals surface area (Å²) in [4.78, 5) is 43.2. The third kappa shape index (κ3) is 24.7. The number of rotatable bonds is 18. The Morgan fingerprint density at radius 3 is 1.42 bits per heavy atom. The maximum absolute atomic E-state index is 11.8. The number of carbonyl (C=O) groups excluding carboxylic acids is 4. The Balaban J connectivity index is -0.000000351. The molecule has 0 aromatic heterocycles. The second kappa shape index (κ2) is 24.5. The van der Waals surface area contributed by atoms with E-state index in [0.717, 1.165) is 38.5 Å². The molecule has 14 nitrogen and oxygen atoms in total. The number of aliphatic carboxylic acids is 2. The number of hydrogen-bond donors (Lipinski definition) is 2. The van der Waals surface area contributed by atoms with Crippen LogP contribution in [-0.2, 0) is 48.9 Å². The van der Waals surface area contributed by atoms with Crippen molar-refractivity contribution in [3.05, 3.63) is 0 Å². The van der Waals surface area contributed by atoms with Crippen LogP contribution in [-0.4, -0.2) is 73.5 Å². The SMILES string of the molecule is CCCCCCOC(=O)CC(C(=O)OCCCCCC)S(=O)(=O)O.O=C([O-])CC(C(=O)[O-])S(=O)(=O)O.[Na+].[Na+]. The van der Waals surface area contributed by atoms with Crippen LogP contribution in [0.1, 0.15) is 78.1 Å². The number of carbonyl (C=O) groups is 4. The number of unbranched alkanes of at least 4 members (excludes halogenated alkanes) is 6. The van der Waals surface area contributed by atoms with Gasteiger partial charge < -0.3 is 29.3 Å². The van der Waals surface area contributed by atoms with Gasteiger partial charge in [0.2, 0.25) is 0 Å². The van der Waals surface area contributed by atoms with Crippen LogP contribution in [0.25, 0.3) is 0 Å². The Bertz CT molecular complexity index is 907. The molecule has 0 bridgehead atoms. The predicted molar refractivity (Wildman–Crippen MR) is 120 cm³/mol. The van der Waals surface area contributed by atoms with E-state index in [1.54, 1.807) is 0 Å². The monoisotopic (exact) mass is 608 g/mol. The van der Waals surface area contributed by atoms with E-state index < -0.39 is 67.5 Å². The molecule has 0 saturated carbocycles. The number of esters is 2. The van der Waals surface area contributed by atoms with Crippen LogP contribution in [0.3, 0.4) is 0 Å². The van der Waals surface area contributed by atoms with Crippen molar-refractivity contribution in [2.75, 3.05) is 13.2 Å². The Labute approximate surface area is 267 Å². The molecule has 38 heavy (non-hydrogen) atoms. The normalized spacial score (nSPS) is 12.3. The van der Waals surface area contributed by atoms with E-state index in [2.05, 4.69) is 6.92 Å². The quantitative estimate of drug-likeness (QED) is 0.0636. The zero-order valence-corrected chi connectivity index (χ0v) is 27.9. The Morgan fingerprint density at radius 2 is 1.11 bits per heavy atom. The molecule has 0 aromatic carbocycles. The van der Waals surface area contributed by atoms with E-state index in [-0.39, 0.29) is 72.3 Å². The largest absolute Gasteiger partial charge is 1.00 e. The number of carboxylic acids is 2. The molecule has 0 aliphatic heterocycles. The van der Waals surface area contributed by atoms with Gasteiger partial charge in [-0.2, -0.15) is 16.8 Å². The molecule has 0 fully saturated rings. The van der Waals surface area contributed by atoms with Crippen molar-refractivity contribution in [1.29, 1.82) is 0 Å². The van der Waals surface area contributed by atoms with Crippen molar-refractivity contribution < 1.29 is 124 Å². The van der Waals surface area contributed by atoms with Gasteiger partial charge in [0.25, 0.3) is 20.2 Å². The summed E-state index contributed by atoms with van der Waals surface area (Å²) in [5, 5.41) is 15.3. The third-order valence-corrected chi connectivity index (χ3v) is 6.61. The van der Waals surface area contributed by atoms with Gasteiger partial charge in [0, 0.05) is 12.4 Å². The number of carboxylic acid groups (broad SMARTS) is 2. The van der Waals surface area contributed by atoms with Gasteiger partial charge in [-0.15, -0.1) is 0 Å². The Hall–Kier alpha value is -0.300. The van der Waals surface area contributed by atoms with Gasteiger partial charge in [-0.1, -0.05) is 52.4 Å². The minimum atomic E-state index is -4.94. The summed E-state index contributed by atoms with van der Waals surface area (Å²) >= 11 is 0. The Kier molecular flexibility index (Phi) is 28.8. The molecule has 0 aliphatic carbocycles. The van der Waals surface area contributed by atoms with Gasteiger partial charge in [-0.25, -0.2) is 0 Å². The van der Waals surface area contributed by atoms with Gasteiger partial charge >= 0.3 is 71.1 Å². The number of ether oxygens (including phenoxy) is 2. The van der Waals surface area contributed by atoms with E-state index in [1.807, 2.05) is 6.92 Å². The molecule has 0 aromatic rings. The molecule has 212 valence electrons. The fraction of sp³-hybridized carbons (Fsp3) is 0.800. The van der Waals surface area contributed by atoms with E-state index in [1.165, 1.54) is 0 Å². The fourth-order valence-corrected chi connectivity index (χ4v) is 3.74. The summed E-state index contributed by atoms with van der Waals surface area (Å²) in [5.41, 5.74) is 0. The first kappa shape index (κ1) is 44.7. The van der Waals surface area contributed by atoms with Crippen molar-refractivity contribution >= 4 is 44.1 Å². The van der Waals surface area contributed by atoms with Crippen molar-refractivity contribution in [3.63, 3.8) is 0 Å². The minimum Gasteiger partial charge on any atom is -0.550 e. The summed E-state index contributed by atoms with van der Waals surface area (Å²) in [6.45, 7) is 4.32. The van der Waals surface area contributed by atoms with Gasteiger partial charge in [0.1, 0.15) is 5.25 Å². The summed E-state index contributed by atoms with van der Waals surface area (Å²) < 4.78 is 70.0. The summed E-state index contributed by atoms with van der Waals surface area (Å²) in [7, 11) is -9.66. The van der Waals surface area contributed by atoms with Crippen LogP contribution in [0.5, 0.6) is 0 Å². The van der Waals surface area contributed by atoms with Crippen LogP contribution in [0.4, 0.5) is 0 Å². The number of hydrogen-bond acceptors (Lipinski definition) is 12. The maximum Gasteiger partial charge on any atom is 1.00 e. The van der Waals surface area contributed by atoms with Crippen LogP contribution in [0.15, 0.2) is 0 Å². The topological polar surface area (TPSA) is 242 Å². The molecule has 0 saturated heterocycles. The second-order valence-electron chi connectivity index (χ2n) is 7.62. The minimum absolute atomic E-state index is 0. The Morgan fingerprint density at radius 1 is 0.684 bits per heavy atom. The van der Waals surface area contributed by atoms with Gasteiger partial charge in [-0.05, 0) is 12.8 Å². The maximum atomic E-state index is 11.8. The molecule has 18 heteroatoms. The molecule has 2 N–H and O–H groups in total. The molecular formula is C20H34Na2O14S2. The molecule has 0 rings (SSSR count). The molecule has 2 atom stereocenters. The zero-order chi connectivity index (χ0) is 28.4. The van der Waals surface area contributed by atoms with E-state index >= 15 is 0 Å². The average Bonchev–Trinajstić information content (AvgIpc) is 2.74. The van der Waals surface area contributed by atoms with E-state index in [4.69, 9.17) is 18.6 Å². The average molecular weight is 609 g/mol. The first-order valence-electron chi connectivity index (χ1n) is 11.2. The molecule has 0 radical (unpaired) electrons. The second-order valence-corrected chi connectivity index (χ2v) is 10.8. The molecule has 0 spiro atoms. The van der Waals surface area contributed by atoms with Crippen molar-refractivity contribution in [3.8, 4) is 0 Å². The van der Waals surface area contributed by atoms with Crippen molar-refractivity contribution in [2.45, 2.75) is 88.6 Å². The molecule has 2 unspecified atom stereocenters.